The monoisotopic (exact) mass is 506 g/mol. The molecule has 6 heteroatoms. The number of nitrogens with one attached hydrogen (secondary N) is 2. The molecule has 0 bridgehead atoms. The van der Waals surface area contributed by atoms with Crippen LogP contribution in [0.15, 0.2) is 48.5 Å². The van der Waals surface area contributed by atoms with Gasteiger partial charge in [0.15, 0.2) is 0 Å². The number of aryl methyl sites for hydroxylation is 2. The number of fused-ring (bicyclic) bond motifs is 6. The first kappa shape index (κ1) is 24.8. The number of nitrogens with two attached hydrogens (primary N) is 2. The lowest BCUT2D eigenvalue weighted by atomic mass is 9.87. The van der Waals surface area contributed by atoms with Crippen LogP contribution in [0.2, 0.25) is 0 Å². The van der Waals surface area contributed by atoms with Crippen molar-refractivity contribution in [2.75, 3.05) is 0 Å². The lowest BCUT2D eigenvalue weighted by Gasteiger charge is -2.24. The summed E-state index contributed by atoms with van der Waals surface area (Å²) in [7, 11) is 0. The quantitative estimate of drug-likeness (QED) is 0.212. The van der Waals surface area contributed by atoms with Gasteiger partial charge in [-0.2, -0.15) is 0 Å². The van der Waals surface area contributed by atoms with Crippen molar-refractivity contribution in [3.8, 4) is 22.4 Å². The lowest BCUT2D eigenvalue weighted by Crippen LogP contribution is -2.27. The highest BCUT2D eigenvalue weighted by Crippen LogP contribution is 2.38. The van der Waals surface area contributed by atoms with Crippen LogP contribution < -0.4 is 11.5 Å². The van der Waals surface area contributed by atoms with E-state index in [2.05, 4.69) is 100 Å². The Balaban J connectivity index is 1.35. The number of rotatable bonds is 3. The zero-order valence-corrected chi connectivity index (χ0v) is 23.2. The third kappa shape index (κ3) is 4.12. The molecule has 2 heterocycles. The van der Waals surface area contributed by atoms with Crippen LogP contribution in [0.1, 0.15) is 76.5 Å². The van der Waals surface area contributed by atoms with Crippen LogP contribution in [0.4, 0.5) is 0 Å². The third-order valence-corrected chi connectivity index (χ3v) is 8.08. The van der Waals surface area contributed by atoms with Crippen LogP contribution in [0.25, 0.3) is 44.2 Å². The number of benzene rings is 3. The summed E-state index contributed by atoms with van der Waals surface area (Å²) in [6.45, 7) is 12.9. The van der Waals surface area contributed by atoms with Gasteiger partial charge in [-0.15, -0.1) is 0 Å². The summed E-state index contributed by atoms with van der Waals surface area (Å²) < 4.78 is 0. The summed E-state index contributed by atoms with van der Waals surface area (Å²) in [5.74, 6) is 1.72. The van der Waals surface area contributed by atoms with E-state index in [4.69, 9.17) is 21.4 Å². The molecule has 1 aliphatic carbocycles. The minimum Gasteiger partial charge on any atom is -0.344 e. The van der Waals surface area contributed by atoms with Crippen molar-refractivity contribution in [1.82, 2.24) is 19.9 Å². The summed E-state index contributed by atoms with van der Waals surface area (Å²) in [6.07, 6.45) is 1.93. The molecular formula is C32H38N6. The molecule has 0 unspecified atom stereocenters. The van der Waals surface area contributed by atoms with E-state index < -0.39 is 0 Å². The van der Waals surface area contributed by atoms with Gasteiger partial charge >= 0.3 is 0 Å². The minimum atomic E-state index is -0.157. The van der Waals surface area contributed by atoms with Crippen LogP contribution in [-0.2, 0) is 12.8 Å². The molecule has 5 aromatic rings. The summed E-state index contributed by atoms with van der Waals surface area (Å²) >= 11 is 0. The highest BCUT2D eigenvalue weighted by atomic mass is 15.0. The molecule has 3 aromatic carbocycles. The van der Waals surface area contributed by atoms with Crippen LogP contribution in [0.5, 0.6) is 0 Å². The van der Waals surface area contributed by atoms with Crippen LogP contribution >= 0.6 is 0 Å². The highest BCUT2D eigenvalue weighted by molar-refractivity contribution is 6.05. The van der Waals surface area contributed by atoms with Crippen molar-refractivity contribution in [3.05, 3.63) is 71.4 Å². The first-order valence-electron chi connectivity index (χ1n) is 13.6. The van der Waals surface area contributed by atoms with Crippen molar-refractivity contribution < 1.29 is 0 Å². The van der Waals surface area contributed by atoms with Crippen LogP contribution in [-0.4, -0.2) is 19.9 Å². The van der Waals surface area contributed by atoms with Crippen LogP contribution in [0.3, 0.4) is 0 Å². The second-order valence-corrected chi connectivity index (χ2v) is 13.0. The average Bonchev–Trinajstić information content (AvgIpc) is 3.50. The maximum atomic E-state index is 6.51. The molecule has 196 valence electrons. The normalized spacial score (nSPS) is 15.5. The maximum Gasteiger partial charge on any atom is 0.124 e. The van der Waals surface area contributed by atoms with Gasteiger partial charge in [-0.25, -0.2) is 9.97 Å². The van der Waals surface area contributed by atoms with E-state index in [1.165, 1.54) is 33.3 Å². The Morgan fingerprint density at radius 2 is 1.39 bits per heavy atom. The molecule has 2 aromatic heterocycles. The van der Waals surface area contributed by atoms with Gasteiger partial charge in [0.2, 0.25) is 0 Å². The van der Waals surface area contributed by atoms with E-state index in [1.54, 1.807) is 0 Å². The topological polar surface area (TPSA) is 109 Å². The number of H-pyrrole nitrogens is 2. The molecule has 0 aliphatic heterocycles. The Kier molecular flexibility index (Phi) is 5.57. The van der Waals surface area contributed by atoms with Crippen molar-refractivity contribution in [1.29, 1.82) is 0 Å². The zero-order valence-electron chi connectivity index (χ0n) is 23.2. The molecule has 0 fully saturated rings. The molecule has 6 rings (SSSR count). The molecule has 1 aliphatic rings. The van der Waals surface area contributed by atoms with Gasteiger partial charge in [0.1, 0.15) is 11.6 Å². The number of nitrogens with zero attached hydrogens (tertiary/aromatic N) is 2. The fourth-order valence-electron chi connectivity index (χ4n) is 5.42. The van der Waals surface area contributed by atoms with E-state index in [1.807, 2.05) is 0 Å². The standard InChI is InChI=1S/C32H38N6/c1-31(2,3)27(33)29-35-23-13-9-19-15-17(7-11-21(19)25(23)37-29)18-8-12-22-20(16-18)10-14-24-26(22)38-30(36-24)28(34)32(4,5)6/h7-9,11-13,15-16,27-28H,10,14,33-34H2,1-6H3,(H,35,37)(H,36,38)/t27-,28-/m1/s1. The minimum absolute atomic E-state index is 0.0507. The Labute approximate surface area is 224 Å². The van der Waals surface area contributed by atoms with Crippen molar-refractivity contribution in [2.24, 2.45) is 22.3 Å². The molecule has 2 atom stereocenters. The smallest absolute Gasteiger partial charge is 0.124 e. The van der Waals surface area contributed by atoms with E-state index in [0.717, 1.165) is 46.6 Å². The summed E-state index contributed by atoms with van der Waals surface area (Å²) in [5.41, 5.74) is 22.1. The molecule has 0 saturated carbocycles. The molecule has 0 saturated heterocycles. The second kappa shape index (κ2) is 8.52. The molecule has 0 spiro atoms. The van der Waals surface area contributed by atoms with Crippen LogP contribution in [0, 0.1) is 10.8 Å². The largest absolute Gasteiger partial charge is 0.344 e. The Morgan fingerprint density at radius 3 is 2.11 bits per heavy atom. The van der Waals surface area contributed by atoms with Crippen molar-refractivity contribution >= 4 is 21.8 Å². The Morgan fingerprint density at radius 1 is 0.737 bits per heavy atom. The van der Waals surface area contributed by atoms with Gasteiger partial charge in [0.25, 0.3) is 0 Å². The first-order valence-corrected chi connectivity index (χ1v) is 13.6. The summed E-state index contributed by atoms with van der Waals surface area (Å²) in [4.78, 5) is 16.9. The highest BCUT2D eigenvalue weighted by Gasteiger charge is 2.29. The van der Waals surface area contributed by atoms with Gasteiger partial charge in [-0.1, -0.05) is 77.9 Å². The molecule has 6 N–H and O–H groups in total. The summed E-state index contributed by atoms with van der Waals surface area (Å²) in [5, 5.41) is 2.31. The fourth-order valence-corrected chi connectivity index (χ4v) is 5.42. The molecule has 6 nitrogen and oxygen atoms in total. The van der Waals surface area contributed by atoms with Crippen molar-refractivity contribution in [3.63, 3.8) is 0 Å². The number of imidazole rings is 2. The first-order chi connectivity index (χ1) is 17.9. The maximum absolute atomic E-state index is 6.51. The predicted molar refractivity (Wildman–Crippen MR) is 157 cm³/mol. The Bertz CT molecular complexity index is 1670. The zero-order chi connectivity index (χ0) is 27.0. The van der Waals surface area contributed by atoms with E-state index in [-0.39, 0.29) is 22.9 Å². The van der Waals surface area contributed by atoms with E-state index in [9.17, 15) is 0 Å². The average molecular weight is 507 g/mol. The number of hydrogen-bond acceptors (Lipinski definition) is 4. The number of aromatic amines is 2. The van der Waals surface area contributed by atoms with Crippen molar-refractivity contribution in [2.45, 2.75) is 66.5 Å². The number of aromatic nitrogens is 4. The van der Waals surface area contributed by atoms with Gasteiger partial charge in [0.05, 0.1) is 28.8 Å². The molecule has 0 radical (unpaired) electrons. The van der Waals surface area contributed by atoms with Gasteiger partial charge in [-0.3, -0.25) is 0 Å². The van der Waals surface area contributed by atoms with Gasteiger partial charge in [-0.05, 0) is 57.9 Å². The second-order valence-electron chi connectivity index (χ2n) is 13.0. The Hall–Kier alpha value is -3.48. The molecule has 0 amide bonds. The molecule has 38 heavy (non-hydrogen) atoms. The fraction of sp³-hybridized carbons (Fsp3) is 0.375. The SMILES string of the molecule is CC(C)(C)[C@H](N)c1nc2c([nH]1)CCc1cc(-c3ccc4c(ccc5[nH]c([C@@H](N)C(C)(C)C)nc54)c3)ccc1-2. The third-order valence-electron chi connectivity index (χ3n) is 8.08. The van der Waals surface area contributed by atoms with E-state index >= 15 is 0 Å². The lowest BCUT2D eigenvalue weighted by molar-refractivity contribution is 0.316. The number of hydrogen-bond donors (Lipinski definition) is 4. The van der Waals surface area contributed by atoms with Gasteiger partial charge < -0.3 is 21.4 Å². The molecular weight excluding hydrogens is 468 g/mol. The summed E-state index contributed by atoms with van der Waals surface area (Å²) in [6, 6.07) is 17.4. The predicted octanol–water partition coefficient (Wildman–Crippen LogP) is 6.96. The van der Waals surface area contributed by atoms with Gasteiger partial charge in [0, 0.05) is 16.6 Å². The van der Waals surface area contributed by atoms with E-state index in [0.29, 0.717) is 0 Å².